The van der Waals surface area contributed by atoms with Crippen molar-refractivity contribution in [3.63, 3.8) is 0 Å². The average molecular weight is 448 g/mol. The average Bonchev–Trinajstić information content (AvgIpc) is 2.77. The van der Waals surface area contributed by atoms with E-state index in [2.05, 4.69) is 91.3 Å². The number of hydrogen-bond acceptors (Lipinski definition) is 4. The Kier molecular flexibility index (Phi) is 6.80. The van der Waals surface area contributed by atoms with Crippen molar-refractivity contribution in [2.24, 2.45) is 0 Å². The highest BCUT2D eigenvalue weighted by molar-refractivity contribution is 7.80. The predicted octanol–water partition coefficient (Wildman–Crippen LogP) is 5.63. The zero-order valence-electron chi connectivity index (χ0n) is 19.4. The Hall–Kier alpha value is -2.86. The topological polar surface area (TPSA) is 52.2 Å². The molecule has 3 N–H and O–H groups in total. The molecule has 5 nitrogen and oxygen atoms in total. The van der Waals surface area contributed by atoms with Gasteiger partial charge in [-0.2, -0.15) is 0 Å². The van der Waals surface area contributed by atoms with Crippen LogP contribution in [0.15, 0.2) is 48.5 Å². The fourth-order valence-electron chi connectivity index (χ4n) is 4.42. The van der Waals surface area contributed by atoms with Crippen LogP contribution in [-0.4, -0.2) is 36.3 Å². The quantitative estimate of drug-likeness (QED) is 0.441. The highest BCUT2D eigenvalue weighted by Crippen LogP contribution is 2.29. The number of nitrogens with one attached hydrogen (secondary N) is 3. The Morgan fingerprint density at radius 1 is 0.969 bits per heavy atom. The first-order valence-corrected chi connectivity index (χ1v) is 11.8. The summed E-state index contributed by atoms with van der Waals surface area (Å²) < 4.78 is 0. The summed E-state index contributed by atoms with van der Waals surface area (Å²) in [6.45, 7) is 4.25. The van der Waals surface area contributed by atoms with Gasteiger partial charge in [-0.3, -0.25) is 0 Å². The molecule has 32 heavy (non-hydrogen) atoms. The third-order valence-electron chi connectivity index (χ3n) is 6.44. The zero-order chi connectivity index (χ0) is 22.7. The number of para-hydroxylation sites is 1. The van der Waals surface area contributed by atoms with Gasteiger partial charge in [0.05, 0.1) is 5.52 Å². The number of benzene rings is 2. The number of aromatic nitrogens is 1. The largest absolute Gasteiger partial charge is 0.377 e. The van der Waals surface area contributed by atoms with Gasteiger partial charge in [-0.05, 0) is 75.0 Å². The van der Waals surface area contributed by atoms with E-state index >= 15 is 0 Å². The van der Waals surface area contributed by atoms with Crippen molar-refractivity contribution in [1.82, 2.24) is 10.3 Å². The smallest absolute Gasteiger partial charge is 0.171 e. The molecule has 2 aromatic carbocycles. The third kappa shape index (κ3) is 5.13. The molecule has 1 fully saturated rings. The first-order chi connectivity index (χ1) is 15.4. The summed E-state index contributed by atoms with van der Waals surface area (Å²) in [7, 11) is 4.16. The van der Waals surface area contributed by atoms with Crippen molar-refractivity contribution in [2.45, 2.75) is 51.6 Å². The van der Waals surface area contributed by atoms with Crippen LogP contribution >= 0.6 is 12.2 Å². The first-order valence-electron chi connectivity index (χ1n) is 11.4. The number of fused-ring (bicyclic) bond motifs is 1. The van der Waals surface area contributed by atoms with Gasteiger partial charge in [0.15, 0.2) is 5.11 Å². The highest BCUT2D eigenvalue weighted by atomic mass is 32.1. The standard InChI is InChI=1S/C26H33N5S/c1-17-8-7-11-22(18(17)2)30-26(32)28-20-14-12-19(13-15-20)27-25-16-24(31(3)4)21-9-5-6-10-23(21)29-25/h5-11,16,19-20H,12-15H2,1-4H3,(H,27,29)(H2,28,30,32). The normalized spacial score (nSPS) is 18.2. The molecule has 0 unspecified atom stereocenters. The number of nitrogens with zero attached hydrogens (tertiary/aromatic N) is 2. The molecule has 0 radical (unpaired) electrons. The monoisotopic (exact) mass is 447 g/mol. The van der Waals surface area contributed by atoms with Crippen LogP contribution in [0, 0.1) is 13.8 Å². The van der Waals surface area contributed by atoms with Gasteiger partial charge in [0, 0.05) is 49.0 Å². The Labute approximate surface area is 196 Å². The molecule has 1 saturated carbocycles. The van der Waals surface area contributed by atoms with E-state index in [0.717, 1.165) is 42.7 Å². The van der Waals surface area contributed by atoms with Gasteiger partial charge in [-0.25, -0.2) is 4.98 Å². The van der Waals surface area contributed by atoms with Crippen LogP contribution in [0.25, 0.3) is 10.9 Å². The van der Waals surface area contributed by atoms with Crippen LogP contribution in [0.4, 0.5) is 17.2 Å². The molecule has 1 aliphatic carbocycles. The maximum absolute atomic E-state index is 5.59. The van der Waals surface area contributed by atoms with Gasteiger partial charge in [0.1, 0.15) is 5.82 Å². The molecule has 0 amide bonds. The van der Waals surface area contributed by atoms with Crippen LogP contribution in [0.3, 0.4) is 0 Å². The molecule has 0 saturated heterocycles. The van der Waals surface area contributed by atoms with Gasteiger partial charge in [-0.15, -0.1) is 0 Å². The summed E-state index contributed by atoms with van der Waals surface area (Å²) in [6.07, 6.45) is 4.35. The minimum Gasteiger partial charge on any atom is -0.377 e. The molecule has 0 aliphatic heterocycles. The molecule has 0 bridgehead atoms. The summed E-state index contributed by atoms with van der Waals surface area (Å²) in [4.78, 5) is 7.01. The second-order valence-corrected chi connectivity index (χ2v) is 9.39. The lowest BCUT2D eigenvalue weighted by Gasteiger charge is -2.31. The lowest BCUT2D eigenvalue weighted by molar-refractivity contribution is 0.388. The van der Waals surface area contributed by atoms with Crippen molar-refractivity contribution in [3.8, 4) is 0 Å². The predicted molar refractivity (Wildman–Crippen MR) is 141 cm³/mol. The van der Waals surface area contributed by atoms with Gasteiger partial charge < -0.3 is 20.9 Å². The molecule has 6 heteroatoms. The molecule has 4 rings (SSSR count). The lowest BCUT2D eigenvalue weighted by Crippen LogP contribution is -2.42. The van der Waals surface area contributed by atoms with Crippen LogP contribution in [0.5, 0.6) is 0 Å². The Balaban J connectivity index is 1.33. The number of thiocarbonyl (C=S) groups is 1. The Morgan fingerprint density at radius 2 is 1.69 bits per heavy atom. The van der Waals surface area contributed by atoms with E-state index in [1.807, 2.05) is 6.07 Å². The summed E-state index contributed by atoms with van der Waals surface area (Å²) in [5.41, 5.74) is 5.81. The number of anilines is 3. The van der Waals surface area contributed by atoms with E-state index in [9.17, 15) is 0 Å². The number of aryl methyl sites for hydroxylation is 1. The minimum absolute atomic E-state index is 0.403. The molecule has 168 valence electrons. The molecule has 3 aromatic rings. The number of hydrogen-bond donors (Lipinski definition) is 3. The lowest BCUT2D eigenvalue weighted by atomic mass is 9.91. The highest BCUT2D eigenvalue weighted by Gasteiger charge is 2.22. The first kappa shape index (κ1) is 22.3. The summed E-state index contributed by atoms with van der Waals surface area (Å²) in [5.74, 6) is 0.955. The van der Waals surface area contributed by atoms with Crippen molar-refractivity contribution in [2.75, 3.05) is 29.6 Å². The molecule has 1 aromatic heterocycles. The van der Waals surface area contributed by atoms with E-state index in [1.54, 1.807) is 0 Å². The SMILES string of the molecule is Cc1cccc(NC(=S)NC2CCC(Nc3cc(N(C)C)c4ccccc4n3)CC2)c1C. The van der Waals surface area contributed by atoms with Crippen LogP contribution in [0.1, 0.15) is 36.8 Å². The maximum atomic E-state index is 5.59. The van der Waals surface area contributed by atoms with Gasteiger partial charge in [0.2, 0.25) is 0 Å². The molecular formula is C26H33N5S. The van der Waals surface area contributed by atoms with Crippen LogP contribution in [0.2, 0.25) is 0 Å². The second kappa shape index (κ2) is 9.74. The van der Waals surface area contributed by atoms with E-state index in [4.69, 9.17) is 17.2 Å². The third-order valence-corrected chi connectivity index (χ3v) is 6.66. The molecule has 0 spiro atoms. The van der Waals surface area contributed by atoms with Crippen molar-refractivity contribution in [3.05, 3.63) is 59.7 Å². The summed E-state index contributed by atoms with van der Waals surface area (Å²) >= 11 is 5.59. The minimum atomic E-state index is 0.403. The van der Waals surface area contributed by atoms with E-state index < -0.39 is 0 Å². The molecule has 1 aliphatic rings. The van der Waals surface area contributed by atoms with Crippen molar-refractivity contribution >= 4 is 45.4 Å². The van der Waals surface area contributed by atoms with Crippen molar-refractivity contribution < 1.29 is 0 Å². The zero-order valence-corrected chi connectivity index (χ0v) is 20.2. The van der Waals surface area contributed by atoms with Crippen LogP contribution < -0.4 is 20.9 Å². The second-order valence-electron chi connectivity index (χ2n) is 8.98. The summed E-state index contributed by atoms with van der Waals surface area (Å²) in [5, 5.41) is 12.5. The fourth-order valence-corrected chi connectivity index (χ4v) is 4.70. The molecule has 1 heterocycles. The van der Waals surface area contributed by atoms with E-state index in [0.29, 0.717) is 17.2 Å². The van der Waals surface area contributed by atoms with E-state index in [-0.39, 0.29) is 0 Å². The molecular weight excluding hydrogens is 414 g/mol. The Morgan fingerprint density at radius 3 is 2.44 bits per heavy atom. The van der Waals surface area contributed by atoms with Crippen LogP contribution in [-0.2, 0) is 0 Å². The summed E-state index contributed by atoms with van der Waals surface area (Å²) in [6, 6.07) is 17.6. The van der Waals surface area contributed by atoms with E-state index in [1.165, 1.54) is 22.2 Å². The maximum Gasteiger partial charge on any atom is 0.171 e. The molecule has 0 atom stereocenters. The van der Waals surface area contributed by atoms with Crippen molar-refractivity contribution in [1.29, 1.82) is 0 Å². The fraction of sp³-hybridized carbons (Fsp3) is 0.385. The van der Waals surface area contributed by atoms with Gasteiger partial charge in [0.25, 0.3) is 0 Å². The van der Waals surface area contributed by atoms with Gasteiger partial charge in [-0.1, -0.05) is 30.3 Å². The van der Waals surface area contributed by atoms with Gasteiger partial charge >= 0.3 is 0 Å². The number of rotatable bonds is 5. The Bertz CT molecular complexity index is 1100. The number of pyridine rings is 1.